The van der Waals surface area contributed by atoms with Gasteiger partial charge in [0, 0.05) is 24.5 Å². The average Bonchev–Trinajstić information content (AvgIpc) is 2.76. The molecule has 0 saturated heterocycles. The largest absolute Gasteiger partial charge is 0.493 e. The van der Waals surface area contributed by atoms with Crippen molar-refractivity contribution in [1.29, 1.82) is 0 Å². The Kier molecular flexibility index (Phi) is 7.15. The Labute approximate surface area is 180 Å². The van der Waals surface area contributed by atoms with Gasteiger partial charge in [-0.2, -0.15) is 0 Å². The number of amides is 1. The fourth-order valence-corrected chi connectivity index (χ4v) is 3.01. The van der Waals surface area contributed by atoms with Crippen LogP contribution in [0.15, 0.2) is 51.7 Å². The Hall–Kier alpha value is -3.52. The number of rotatable bonds is 9. The van der Waals surface area contributed by atoms with Gasteiger partial charge in [-0.05, 0) is 50.0 Å². The van der Waals surface area contributed by atoms with Crippen molar-refractivity contribution in [2.45, 2.75) is 0 Å². The van der Waals surface area contributed by atoms with Crippen LogP contribution in [0.2, 0.25) is 0 Å². The lowest BCUT2D eigenvalue weighted by atomic mass is 10.1. The first kappa shape index (κ1) is 22.2. The molecule has 0 spiro atoms. The Bertz CT molecular complexity index is 1120. The minimum atomic E-state index is -0.488. The third-order valence-corrected chi connectivity index (χ3v) is 4.65. The summed E-state index contributed by atoms with van der Waals surface area (Å²) in [6.45, 7) is 1.17. The first-order chi connectivity index (χ1) is 14.9. The van der Waals surface area contributed by atoms with Crippen molar-refractivity contribution >= 4 is 16.9 Å². The Morgan fingerprint density at radius 1 is 1.03 bits per heavy atom. The summed E-state index contributed by atoms with van der Waals surface area (Å²) in [4.78, 5) is 26.4. The maximum Gasteiger partial charge on any atom is 0.344 e. The number of nitrogens with one attached hydrogen (secondary N) is 1. The van der Waals surface area contributed by atoms with Crippen LogP contribution in [0.5, 0.6) is 17.2 Å². The molecule has 0 radical (unpaired) electrons. The zero-order chi connectivity index (χ0) is 22.4. The number of methoxy groups -OCH3 is 2. The van der Waals surface area contributed by atoms with Crippen LogP contribution < -0.4 is 25.2 Å². The quantitative estimate of drug-likeness (QED) is 0.526. The molecule has 0 saturated carbocycles. The molecule has 1 amide bonds. The molecule has 3 aromatic rings. The first-order valence-electron chi connectivity index (χ1n) is 9.76. The molecular formula is C23H26N2O6. The number of hydrogen-bond acceptors (Lipinski definition) is 7. The number of fused-ring (bicyclic) bond motifs is 1. The van der Waals surface area contributed by atoms with Gasteiger partial charge in [-0.25, -0.2) is 4.79 Å². The van der Waals surface area contributed by atoms with E-state index in [-0.39, 0.29) is 12.5 Å². The summed E-state index contributed by atoms with van der Waals surface area (Å²) in [6.07, 6.45) is 0. The number of nitrogens with zero attached hydrogens (tertiary/aromatic N) is 1. The SMILES string of the molecule is COc1ccc(-c2cc3ccc(OCC(=O)NCCN(C)C)cc3oc2=O)cc1OC. The predicted octanol–water partition coefficient (Wildman–Crippen LogP) is 2.53. The van der Waals surface area contributed by atoms with Crippen molar-refractivity contribution in [3.8, 4) is 28.4 Å². The smallest absolute Gasteiger partial charge is 0.344 e. The second-order valence-electron chi connectivity index (χ2n) is 7.16. The zero-order valence-electron chi connectivity index (χ0n) is 18.1. The molecule has 1 heterocycles. The topological polar surface area (TPSA) is 90.2 Å². The van der Waals surface area contributed by atoms with Gasteiger partial charge in [0.15, 0.2) is 18.1 Å². The summed E-state index contributed by atoms with van der Waals surface area (Å²) in [7, 11) is 6.95. The molecule has 0 atom stereocenters. The minimum absolute atomic E-state index is 0.118. The van der Waals surface area contributed by atoms with Crippen LogP contribution in [0.25, 0.3) is 22.1 Å². The molecule has 0 fully saturated rings. The van der Waals surface area contributed by atoms with Crippen LogP contribution in [-0.4, -0.2) is 58.8 Å². The van der Waals surface area contributed by atoms with E-state index in [1.165, 1.54) is 7.11 Å². The van der Waals surface area contributed by atoms with Gasteiger partial charge in [-0.3, -0.25) is 4.79 Å². The molecule has 2 aromatic carbocycles. The number of carbonyl (C=O) groups is 1. The molecule has 0 aliphatic carbocycles. The van der Waals surface area contributed by atoms with Gasteiger partial charge in [0.25, 0.3) is 5.91 Å². The number of ether oxygens (including phenoxy) is 3. The summed E-state index contributed by atoms with van der Waals surface area (Å²) < 4.78 is 21.6. The predicted molar refractivity (Wildman–Crippen MR) is 118 cm³/mol. The number of likely N-dealkylation sites (N-methyl/N-ethyl adjacent to an activating group) is 1. The van der Waals surface area contributed by atoms with Crippen LogP contribution in [0, 0.1) is 0 Å². The molecule has 31 heavy (non-hydrogen) atoms. The van der Waals surface area contributed by atoms with Gasteiger partial charge < -0.3 is 28.8 Å². The molecule has 3 rings (SSSR count). The molecule has 164 valence electrons. The molecule has 8 nitrogen and oxygen atoms in total. The standard InChI is InChI=1S/C23H26N2O6/c1-25(2)10-9-24-22(26)14-30-17-7-5-16-11-18(23(27)31-20(16)13-17)15-6-8-19(28-3)21(12-15)29-4/h5-8,11-13H,9-10,14H2,1-4H3,(H,24,26). The van der Waals surface area contributed by atoms with Crippen LogP contribution in [-0.2, 0) is 4.79 Å². The average molecular weight is 426 g/mol. The second-order valence-corrected chi connectivity index (χ2v) is 7.16. The number of carbonyl (C=O) groups excluding carboxylic acids is 1. The van der Waals surface area contributed by atoms with Crippen LogP contribution in [0.1, 0.15) is 0 Å². The van der Waals surface area contributed by atoms with Crippen molar-refractivity contribution in [1.82, 2.24) is 10.2 Å². The molecule has 0 bridgehead atoms. The van der Waals surface area contributed by atoms with Gasteiger partial charge in [-0.15, -0.1) is 0 Å². The maximum absolute atomic E-state index is 12.6. The third-order valence-electron chi connectivity index (χ3n) is 4.65. The van der Waals surface area contributed by atoms with Gasteiger partial charge in [0.1, 0.15) is 11.3 Å². The van der Waals surface area contributed by atoms with Crippen molar-refractivity contribution in [3.63, 3.8) is 0 Å². The van der Waals surface area contributed by atoms with E-state index in [9.17, 15) is 9.59 Å². The first-order valence-corrected chi connectivity index (χ1v) is 9.76. The summed E-state index contributed by atoms with van der Waals surface area (Å²) in [5, 5.41) is 3.50. The van der Waals surface area contributed by atoms with E-state index >= 15 is 0 Å². The molecular weight excluding hydrogens is 400 g/mol. The molecule has 1 aromatic heterocycles. The van der Waals surface area contributed by atoms with Gasteiger partial charge in [-0.1, -0.05) is 6.07 Å². The van der Waals surface area contributed by atoms with E-state index < -0.39 is 5.63 Å². The summed E-state index contributed by atoms with van der Waals surface area (Å²) in [6, 6.07) is 12.1. The van der Waals surface area contributed by atoms with Crippen LogP contribution >= 0.6 is 0 Å². The van der Waals surface area contributed by atoms with Crippen molar-refractivity contribution in [2.75, 3.05) is 48.0 Å². The highest BCUT2D eigenvalue weighted by Gasteiger charge is 2.12. The lowest BCUT2D eigenvalue weighted by molar-refractivity contribution is -0.123. The Balaban J connectivity index is 1.77. The number of hydrogen-bond donors (Lipinski definition) is 1. The Morgan fingerprint density at radius 2 is 1.81 bits per heavy atom. The fourth-order valence-electron chi connectivity index (χ4n) is 3.01. The lowest BCUT2D eigenvalue weighted by Crippen LogP contribution is -2.34. The highest BCUT2D eigenvalue weighted by Crippen LogP contribution is 2.32. The molecule has 8 heteroatoms. The van der Waals surface area contributed by atoms with Gasteiger partial charge in [0.05, 0.1) is 19.8 Å². The molecule has 1 N–H and O–H groups in total. The normalized spacial score (nSPS) is 10.9. The van der Waals surface area contributed by atoms with Crippen LogP contribution in [0.3, 0.4) is 0 Å². The molecule has 0 aliphatic rings. The van der Waals surface area contributed by atoms with E-state index in [0.717, 1.165) is 11.9 Å². The monoisotopic (exact) mass is 426 g/mol. The number of benzene rings is 2. The third kappa shape index (κ3) is 5.55. The lowest BCUT2D eigenvalue weighted by Gasteiger charge is -2.11. The fraction of sp³-hybridized carbons (Fsp3) is 0.304. The van der Waals surface area contributed by atoms with E-state index in [1.807, 2.05) is 19.0 Å². The highest BCUT2D eigenvalue weighted by atomic mass is 16.5. The van der Waals surface area contributed by atoms with E-state index in [2.05, 4.69) is 5.32 Å². The van der Waals surface area contributed by atoms with Crippen molar-refractivity contribution in [2.24, 2.45) is 0 Å². The maximum atomic E-state index is 12.6. The van der Waals surface area contributed by atoms with Crippen LogP contribution in [0.4, 0.5) is 0 Å². The minimum Gasteiger partial charge on any atom is -0.493 e. The van der Waals surface area contributed by atoms with Gasteiger partial charge in [0.2, 0.25) is 0 Å². The second kappa shape index (κ2) is 9.99. The molecule has 0 unspecified atom stereocenters. The van der Waals surface area contributed by atoms with Gasteiger partial charge >= 0.3 is 5.63 Å². The van der Waals surface area contributed by atoms with E-state index in [0.29, 0.717) is 40.5 Å². The summed E-state index contributed by atoms with van der Waals surface area (Å²) >= 11 is 0. The summed E-state index contributed by atoms with van der Waals surface area (Å²) in [5.74, 6) is 1.32. The zero-order valence-corrected chi connectivity index (χ0v) is 18.1. The molecule has 0 aliphatic heterocycles. The summed E-state index contributed by atoms with van der Waals surface area (Å²) in [5.41, 5.74) is 0.948. The van der Waals surface area contributed by atoms with E-state index in [4.69, 9.17) is 18.6 Å². The van der Waals surface area contributed by atoms with Crippen molar-refractivity contribution in [3.05, 3.63) is 52.9 Å². The van der Waals surface area contributed by atoms with Crippen molar-refractivity contribution < 1.29 is 23.4 Å². The Morgan fingerprint density at radius 3 is 2.52 bits per heavy atom. The van der Waals surface area contributed by atoms with E-state index in [1.54, 1.807) is 49.6 Å². The highest BCUT2D eigenvalue weighted by molar-refractivity contribution is 5.83.